The number of ether oxygens (including phenoxy) is 1. The van der Waals surface area contributed by atoms with Gasteiger partial charge in [0, 0.05) is 30.4 Å². The molecule has 2 bridgehead atoms. The van der Waals surface area contributed by atoms with Crippen molar-refractivity contribution in [1.82, 2.24) is 10.2 Å². The molecule has 0 spiro atoms. The van der Waals surface area contributed by atoms with Crippen LogP contribution in [0.5, 0.6) is 5.75 Å². The highest BCUT2D eigenvalue weighted by atomic mass is 32.1. The standard InChI is InChI=1S/C23H29N3OS/c1-27-22-12-10-17(11-13-22)16-26-20-8-5-9-21(26)15-19(14-20)25-23(28)24-18-6-3-2-4-7-18/h2-4,6-7,10-13,19-21H,5,8-9,14-16H2,1H3,(H2,24,25,28)/t20-,21-/m0/s1. The molecule has 2 aromatic carbocycles. The molecule has 2 fully saturated rings. The van der Waals surface area contributed by atoms with Crippen LogP contribution in [0, 0.1) is 0 Å². The predicted molar refractivity (Wildman–Crippen MR) is 119 cm³/mol. The summed E-state index contributed by atoms with van der Waals surface area (Å²) in [5.74, 6) is 0.922. The van der Waals surface area contributed by atoms with E-state index in [4.69, 9.17) is 17.0 Å². The van der Waals surface area contributed by atoms with Crippen LogP contribution in [0.25, 0.3) is 0 Å². The first-order chi connectivity index (χ1) is 13.7. The molecule has 0 saturated carbocycles. The number of piperidine rings is 2. The van der Waals surface area contributed by atoms with Crippen LogP contribution in [0.1, 0.15) is 37.7 Å². The number of benzene rings is 2. The van der Waals surface area contributed by atoms with Crippen LogP contribution in [-0.4, -0.2) is 35.2 Å². The third kappa shape index (κ3) is 4.65. The molecule has 2 N–H and O–H groups in total. The Labute approximate surface area is 173 Å². The van der Waals surface area contributed by atoms with Gasteiger partial charge in [-0.25, -0.2) is 0 Å². The number of thiocarbonyl (C=S) groups is 1. The van der Waals surface area contributed by atoms with Gasteiger partial charge in [0.1, 0.15) is 5.75 Å². The largest absolute Gasteiger partial charge is 0.497 e. The van der Waals surface area contributed by atoms with Crippen molar-refractivity contribution < 1.29 is 4.74 Å². The maximum atomic E-state index is 5.56. The zero-order valence-corrected chi connectivity index (χ0v) is 17.3. The number of hydrogen-bond acceptors (Lipinski definition) is 3. The Hall–Kier alpha value is -2.11. The van der Waals surface area contributed by atoms with Crippen molar-refractivity contribution in [2.75, 3.05) is 12.4 Å². The molecule has 0 amide bonds. The van der Waals surface area contributed by atoms with Crippen LogP contribution in [-0.2, 0) is 6.54 Å². The highest BCUT2D eigenvalue weighted by molar-refractivity contribution is 7.80. The summed E-state index contributed by atoms with van der Waals surface area (Å²) in [6.07, 6.45) is 6.22. The van der Waals surface area contributed by atoms with Crippen molar-refractivity contribution in [3.05, 3.63) is 60.2 Å². The number of hydrogen-bond donors (Lipinski definition) is 2. The van der Waals surface area contributed by atoms with Crippen molar-refractivity contribution in [2.45, 2.75) is 56.8 Å². The third-order valence-corrected chi connectivity index (χ3v) is 6.24. The lowest BCUT2D eigenvalue weighted by Gasteiger charge is -2.49. The van der Waals surface area contributed by atoms with Crippen LogP contribution >= 0.6 is 12.2 Å². The molecule has 2 aliphatic rings. The van der Waals surface area contributed by atoms with E-state index < -0.39 is 0 Å². The molecule has 4 rings (SSSR count). The van der Waals surface area contributed by atoms with Gasteiger partial charge in [0.25, 0.3) is 0 Å². The number of nitrogens with one attached hydrogen (secondary N) is 2. The van der Waals surface area contributed by atoms with Crippen molar-refractivity contribution in [2.24, 2.45) is 0 Å². The Morgan fingerprint density at radius 3 is 2.36 bits per heavy atom. The van der Waals surface area contributed by atoms with Gasteiger partial charge in [0.05, 0.1) is 7.11 Å². The molecule has 0 aliphatic carbocycles. The fraction of sp³-hybridized carbons (Fsp3) is 0.435. The van der Waals surface area contributed by atoms with E-state index in [2.05, 4.69) is 39.8 Å². The van der Waals surface area contributed by atoms with Gasteiger partial charge in [-0.05, 0) is 67.7 Å². The second-order valence-corrected chi connectivity index (χ2v) is 8.30. The summed E-state index contributed by atoms with van der Waals surface area (Å²) in [6.45, 7) is 1.03. The van der Waals surface area contributed by atoms with Crippen LogP contribution < -0.4 is 15.4 Å². The van der Waals surface area contributed by atoms with Crippen LogP contribution in [0.3, 0.4) is 0 Å². The molecule has 2 aromatic rings. The summed E-state index contributed by atoms with van der Waals surface area (Å²) in [5.41, 5.74) is 2.41. The minimum absolute atomic E-state index is 0.450. The van der Waals surface area contributed by atoms with Crippen molar-refractivity contribution in [3.8, 4) is 5.75 Å². The minimum Gasteiger partial charge on any atom is -0.497 e. The van der Waals surface area contributed by atoms with Crippen LogP contribution in [0.2, 0.25) is 0 Å². The zero-order valence-electron chi connectivity index (χ0n) is 16.4. The van der Waals surface area contributed by atoms with E-state index in [1.807, 2.05) is 30.3 Å². The average molecular weight is 396 g/mol. The summed E-state index contributed by atoms with van der Waals surface area (Å²) < 4.78 is 5.29. The highest BCUT2D eigenvalue weighted by Gasteiger charge is 2.38. The van der Waals surface area contributed by atoms with Crippen LogP contribution in [0.4, 0.5) is 5.69 Å². The molecular formula is C23H29N3OS. The predicted octanol–water partition coefficient (Wildman–Crippen LogP) is 4.57. The second kappa shape index (κ2) is 8.93. The molecule has 28 heavy (non-hydrogen) atoms. The van der Waals surface area contributed by atoms with Gasteiger partial charge in [-0.1, -0.05) is 36.8 Å². The number of methoxy groups -OCH3 is 1. The third-order valence-electron chi connectivity index (χ3n) is 6.02. The van der Waals surface area contributed by atoms with E-state index in [1.165, 1.54) is 24.8 Å². The smallest absolute Gasteiger partial charge is 0.170 e. The average Bonchev–Trinajstić information content (AvgIpc) is 2.70. The Balaban J connectivity index is 1.35. The summed E-state index contributed by atoms with van der Waals surface area (Å²) >= 11 is 5.56. The molecule has 2 aliphatic heterocycles. The molecular weight excluding hydrogens is 366 g/mol. The van der Waals surface area contributed by atoms with Gasteiger partial charge < -0.3 is 15.4 Å². The van der Waals surface area contributed by atoms with Crippen LogP contribution in [0.15, 0.2) is 54.6 Å². The Morgan fingerprint density at radius 1 is 1.04 bits per heavy atom. The van der Waals surface area contributed by atoms with E-state index in [-0.39, 0.29) is 0 Å². The van der Waals surface area contributed by atoms with Gasteiger partial charge in [-0.15, -0.1) is 0 Å². The van der Waals surface area contributed by atoms with Gasteiger partial charge in [0.15, 0.2) is 5.11 Å². The topological polar surface area (TPSA) is 36.5 Å². The molecule has 5 heteroatoms. The lowest BCUT2D eigenvalue weighted by atomic mass is 9.81. The molecule has 4 nitrogen and oxygen atoms in total. The summed E-state index contributed by atoms with van der Waals surface area (Å²) in [4.78, 5) is 2.72. The molecule has 0 radical (unpaired) electrons. The molecule has 2 saturated heterocycles. The Bertz CT molecular complexity index is 766. The van der Waals surface area contributed by atoms with E-state index >= 15 is 0 Å². The lowest BCUT2D eigenvalue weighted by molar-refractivity contribution is 0.0211. The van der Waals surface area contributed by atoms with Gasteiger partial charge in [-0.2, -0.15) is 0 Å². The Kier molecular flexibility index (Phi) is 6.13. The van der Waals surface area contributed by atoms with E-state index in [0.29, 0.717) is 18.1 Å². The fourth-order valence-corrected chi connectivity index (χ4v) is 4.95. The monoisotopic (exact) mass is 395 g/mol. The maximum Gasteiger partial charge on any atom is 0.170 e. The Morgan fingerprint density at radius 2 is 1.71 bits per heavy atom. The molecule has 0 aromatic heterocycles. The lowest BCUT2D eigenvalue weighted by Crippen LogP contribution is -2.56. The fourth-order valence-electron chi connectivity index (χ4n) is 4.67. The number of fused-ring (bicyclic) bond motifs is 2. The summed E-state index contributed by atoms with van der Waals surface area (Å²) in [7, 11) is 1.72. The second-order valence-electron chi connectivity index (χ2n) is 7.89. The van der Waals surface area contributed by atoms with E-state index in [1.54, 1.807) is 7.11 Å². The van der Waals surface area contributed by atoms with Crippen molar-refractivity contribution in [3.63, 3.8) is 0 Å². The van der Waals surface area contributed by atoms with Crippen molar-refractivity contribution >= 4 is 23.0 Å². The van der Waals surface area contributed by atoms with Gasteiger partial charge in [0.2, 0.25) is 0 Å². The van der Waals surface area contributed by atoms with Crippen molar-refractivity contribution in [1.29, 1.82) is 0 Å². The first-order valence-corrected chi connectivity index (χ1v) is 10.6. The number of para-hydroxylation sites is 1. The number of anilines is 1. The first-order valence-electron chi connectivity index (χ1n) is 10.2. The molecule has 2 atom stereocenters. The maximum absolute atomic E-state index is 5.56. The van der Waals surface area contributed by atoms with E-state index in [9.17, 15) is 0 Å². The molecule has 2 heterocycles. The summed E-state index contributed by atoms with van der Waals surface area (Å²) in [6, 6.07) is 20.4. The zero-order chi connectivity index (χ0) is 19.3. The normalized spacial score (nSPS) is 24.4. The number of rotatable bonds is 5. The van der Waals surface area contributed by atoms with Gasteiger partial charge >= 0.3 is 0 Å². The minimum atomic E-state index is 0.450. The SMILES string of the molecule is COc1ccc(CN2[C@H]3CCC[C@H]2CC(NC(=S)Nc2ccccc2)C3)cc1. The highest BCUT2D eigenvalue weighted by Crippen LogP contribution is 2.35. The first kappa shape index (κ1) is 19.2. The molecule has 0 unspecified atom stereocenters. The van der Waals surface area contributed by atoms with Gasteiger partial charge in [-0.3, -0.25) is 4.90 Å². The molecule has 148 valence electrons. The quantitative estimate of drug-likeness (QED) is 0.726. The van der Waals surface area contributed by atoms with E-state index in [0.717, 1.165) is 35.9 Å². The number of nitrogens with zero attached hydrogens (tertiary/aromatic N) is 1. The summed E-state index contributed by atoms with van der Waals surface area (Å²) in [5, 5.41) is 7.62.